The third kappa shape index (κ3) is 3.29. The molecule has 0 radical (unpaired) electrons. The summed E-state index contributed by atoms with van der Waals surface area (Å²) in [6, 6.07) is 9.62. The number of methoxy groups -OCH3 is 1. The van der Waals surface area contributed by atoms with Crippen molar-refractivity contribution in [2.45, 2.75) is 19.4 Å². The first-order chi connectivity index (χ1) is 15.6. The zero-order valence-corrected chi connectivity index (χ0v) is 17.4. The SMILES string of the molecule is COc1c(F)cccc1-c1noc(C2CCN2C(=O)c2ccc(C)cc2-n2nccn2)n1. The van der Waals surface area contributed by atoms with Gasteiger partial charge in [0.1, 0.15) is 6.04 Å². The number of likely N-dealkylation sites (tertiary alicyclic amines) is 1. The molecule has 1 aliphatic heterocycles. The maximum Gasteiger partial charge on any atom is 0.256 e. The number of ether oxygens (including phenoxy) is 1. The first-order valence-electron chi connectivity index (χ1n) is 10.0. The van der Waals surface area contributed by atoms with Crippen LogP contribution in [0.5, 0.6) is 5.75 Å². The highest BCUT2D eigenvalue weighted by Crippen LogP contribution is 2.37. The van der Waals surface area contributed by atoms with Crippen LogP contribution in [-0.4, -0.2) is 49.6 Å². The van der Waals surface area contributed by atoms with Crippen molar-refractivity contribution in [2.24, 2.45) is 0 Å². The van der Waals surface area contributed by atoms with E-state index in [4.69, 9.17) is 9.26 Å². The molecule has 1 saturated heterocycles. The molecule has 10 heteroatoms. The Labute approximate surface area is 182 Å². The smallest absolute Gasteiger partial charge is 0.256 e. The summed E-state index contributed by atoms with van der Waals surface area (Å²) in [7, 11) is 1.38. The fourth-order valence-corrected chi connectivity index (χ4v) is 3.74. The second-order valence-electron chi connectivity index (χ2n) is 7.42. The second-order valence-corrected chi connectivity index (χ2v) is 7.42. The van der Waals surface area contributed by atoms with Crippen molar-refractivity contribution >= 4 is 5.91 Å². The van der Waals surface area contributed by atoms with Crippen molar-refractivity contribution in [3.63, 3.8) is 0 Å². The lowest BCUT2D eigenvalue weighted by atomic mass is 9.99. The monoisotopic (exact) mass is 434 g/mol. The van der Waals surface area contributed by atoms with E-state index in [2.05, 4.69) is 20.3 Å². The van der Waals surface area contributed by atoms with Gasteiger partial charge in [0.05, 0.1) is 36.3 Å². The van der Waals surface area contributed by atoms with Crippen LogP contribution in [0.2, 0.25) is 0 Å². The highest BCUT2D eigenvalue weighted by Gasteiger charge is 2.39. The van der Waals surface area contributed by atoms with Gasteiger partial charge >= 0.3 is 0 Å². The van der Waals surface area contributed by atoms with Crippen LogP contribution in [-0.2, 0) is 0 Å². The molecule has 0 N–H and O–H groups in total. The molecule has 3 heterocycles. The molecule has 4 aromatic rings. The quantitative estimate of drug-likeness (QED) is 0.475. The third-order valence-corrected chi connectivity index (χ3v) is 5.44. The van der Waals surface area contributed by atoms with E-state index in [0.717, 1.165) is 5.56 Å². The van der Waals surface area contributed by atoms with E-state index in [0.29, 0.717) is 29.8 Å². The van der Waals surface area contributed by atoms with Crippen LogP contribution in [0.3, 0.4) is 0 Å². The van der Waals surface area contributed by atoms with Gasteiger partial charge in [0, 0.05) is 6.54 Å². The zero-order chi connectivity index (χ0) is 22.2. The molecule has 0 saturated carbocycles. The average Bonchev–Trinajstić information content (AvgIpc) is 3.45. The van der Waals surface area contributed by atoms with Crippen LogP contribution in [0.25, 0.3) is 17.1 Å². The Balaban J connectivity index is 1.44. The number of nitrogens with zero attached hydrogens (tertiary/aromatic N) is 6. The predicted molar refractivity (Wildman–Crippen MR) is 111 cm³/mol. The molecular weight excluding hydrogens is 415 g/mol. The summed E-state index contributed by atoms with van der Waals surface area (Å²) in [5.74, 6) is -0.172. The van der Waals surface area contributed by atoms with E-state index >= 15 is 0 Å². The van der Waals surface area contributed by atoms with Gasteiger partial charge in [0.15, 0.2) is 11.6 Å². The first kappa shape index (κ1) is 19.9. The number of benzene rings is 2. The van der Waals surface area contributed by atoms with Crippen LogP contribution in [0.15, 0.2) is 53.3 Å². The summed E-state index contributed by atoms with van der Waals surface area (Å²) in [5, 5.41) is 12.3. The molecule has 0 bridgehead atoms. The molecule has 1 aliphatic rings. The Kier molecular flexibility index (Phi) is 4.89. The minimum absolute atomic E-state index is 0.0393. The summed E-state index contributed by atoms with van der Waals surface area (Å²) in [6.45, 7) is 2.48. The molecule has 1 fully saturated rings. The van der Waals surface area contributed by atoms with Crippen molar-refractivity contribution < 1.29 is 18.4 Å². The van der Waals surface area contributed by atoms with Crippen molar-refractivity contribution in [1.29, 1.82) is 0 Å². The number of rotatable bonds is 5. The molecule has 32 heavy (non-hydrogen) atoms. The van der Waals surface area contributed by atoms with Gasteiger partial charge < -0.3 is 14.2 Å². The summed E-state index contributed by atoms with van der Waals surface area (Å²) in [5.41, 5.74) is 2.44. The van der Waals surface area contributed by atoms with Gasteiger partial charge in [-0.05, 0) is 43.2 Å². The van der Waals surface area contributed by atoms with Crippen molar-refractivity contribution in [2.75, 3.05) is 13.7 Å². The van der Waals surface area contributed by atoms with Crippen molar-refractivity contribution in [3.8, 4) is 22.8 Å². The molecule has 2 aromatic heterocycles. The lowest BCUT2D eigenvalue weighted by molar-refractivity contribution is 0.0378. The highest BCUT2D eigenvalue weighted by atomic mass is 19.1. The molecule has 2 aromatic carbocycles. The lowest BCUT2D eigenvalue weighted by Crippen LogP contribution is -2.45. The molecule has 1 atom stereocenters. The van der Waals surface area contributed by atoms with Crippen LogP contribution < -0.4 is 4.74 Å². The van der Waals surface area contributed by atoms with Gasteiger partial charge in [-0.2, -0.15) is 20.0 Å². The molecule has 5 rings (SSSR count). The zero-order valence-electron chi connectivity index (χ0n) is 17.4. The molecular formula is C22H19FN6O3. The third-order valence-electron chi connectivity index (χ3n) is 5.44. The number of carbonyl (C=O) groups excluding carboxylic acids is 1. The fraction of sp³-hybridized carbons (Fsp3) is 0.227. The largest absolute Gasteiger partial charge is 0.493 e. The Morgan fingerprint density at radius 3 is 2.75 bits per heavy atom. The number of halogens is 1. The van der Waals surface area contributed by atoms with Crippen LogP contribution in [0.1, 0.15) is 34.3 Å². The van der Waals surface area contributed by atoms with Crippen LogP contribution in [0.4, 0.5) is 4.39 Å². The maximum absolute atomic E-state index is 14.0. The minimum atomic E-state index is -0.518. The van der Waals surface area contributed by atoms with E-state index in [1.807, 2.05) is 19.1 Å². The number of carbonyl (C=O) groups is 1. The van der Waals surface area contributed by atoms with Gasteiger partial charge in [-0.15, -0.1) is 0 Å². The Morgan fingerprint density at radius 1 is 1.22 bits per heavy atom. The van der Waals surface area contributed by atoms with Crippen LogP contribution in [0, 0.1) is 12.7 Å². The Bertz CT molecular complexity index is 1290. The van der Waals surface area contributed by atoms with Crippen molar-refractivity contribution in [3.05, 3.63) is 71.6 Å². The fourth-order valence-electron chi connectivity index (χ4n) is 3.74. The van der Waals surface area contributed by atoms with Gasteiger partial charge in [-0.25, -0.2) is 4.39 Å². The Morgan fingerprint density at radius 2 is 2.03 bits per heavy atom. The summed E-state index contributed by atoms with van der Waals surface area (Å²) in [4.78, 5) is 20.9. The molecule has 9 nitrogen and oxygen atoms in total. The Hall–Kier alpha value is -4.08. The summed E-state index contributed by atoms with van der Waals surface area (Å²) < 4.78 is 24.6. The van der Waals surface area contributed by atoms with Gasteiger partial charge in [0.25, 0.3) is 5.91 Å². The maximum atomic E-state index is 14.0. The molecule has 1 amide bonds. The number of amides is 1. The number of hydrogen-bond donors (Lipinski definition) is 0. The number of para-hydroxylation sites is 1. The van der Waals surface area contributed by atoms with E-state index in [9.17, 15) is 9.18 Å². The molecule has 0 aliphatic carbocycles. The standard InChI is InChI=1S/C22H19FN6O3/c1-13-6-7-14(18(12-13)29-24-9-10-25-29)22(30)28-11-8-17(28)21-26-20(27-32-21)15-4-3-5-16(23)19(15)31-2/h3-7,9-10,12,17H,8,11H2,1-2H3. The minimum Gasteiger partial charge on any atom is -0.493 e. The predicted octanol–water partition coefficient (Wildman–Crippen LogP) is 3.36. The van der Waals surface area contributed by atoms with Crippen molar-refractivity contribution in [1.82, 2.24) is 30.0 Å². The number of aromatic nitrogens is 5. The lowest BCUT2D eigenvalue weighted by Gasteiger charge is -2.38. The van der Waals surface area contributed by atoms with Gasteiger partial charge in [-0.3, -0.25) is 4.79 Å². The van der Waals surface area contributed by atoms with Crippen LogP contribution >= 0.6 is 0 Å². The average molecular weight is 434 g/mol. The first-order valence-corrected chi connectivity index (χ1v) is 10.0. The molecule has 0 spiro atoms. The van der Waals surface area contributed by atoms with E-state index in [1.54, 1.807) is 35.5 Å². The van der Waals surface area contributed by atoms with E-state index in [-0.39, 0.29) is 29.4 Å². The summed E-state index contributed by atoms with van der Waals surface area (Å²) in [6.07, 6.45) is 3.79. The summed E-state index contributed by atoms with van der Waals surface area (Å²) >= 11 is 0. The van der Waals surface area contributed by atoms with E-state index < -0.39 is 5.82 Å². The normalized spacial score (nSPS) is 15.5. The molecule has 162 valence electrons. The van der Waals surface area contributed by atoms with Gasteiger partial charge in [0.2, 0.25) is 11.7 Å². The number of hydrogen-bond acceptors (Lipinski definition) is 7. The second kappa shape index (κ2) is 7.88. The van der Waals surface area contributed by atoms with E-state index in [1.165, 1.54) is 18.0 Å². The highest BCUT2D eigenvalue weighted by molar-refractivity contribution is 5.98. The number of aryl methyl sites for hydroxylation is 1. The van der Waals surface area contributed by atoms with Gasteiger partial charge in [-0.1, -0.05) is 17.3 Å². The molecule has 1 unspecified atom stereocenters. The topological polar surface area (TPSA) is 99.2 Å².